The van der Waals surface area contributed by atoms with E-state index in [1.807, 2.05) is 0 Å². The maximum Gasteiger partial charge on any atom is 0.387 e. The Hall–Kier alpha value is -3.92. The summed E-state index contributed by atoms with van der Waals surface area (Å²) in [5.74, 6) is -1.94. The zero-order chi connectivity index (χ0) is 25.1. The molecule has 0 bridgehead atoms. The van der Waals surface area contributed by atoms with Crippen molar-refractivity contribution in [2.24, 2.45) is 0 Å². The van der Waals surface area contributed by atoms with Gasteiger partial charge in [-0.25, -0.2) is 13.5 Å². The lowest BCUT2D eigenvalue weighted by Crippen LogP contribution is -2.32. The molecule has 35 heavy (non-hydrogen) atoms. The van der Waals surface area contributed by atoms with E-state index in [1.54, 1.807) is 42.3 Å². The molecule has 0 aliphatic rings. The molecule has 4 rings (SSSR count). The third-order valence-electron chi connectivity index (χ3n) is 5.33. The van der Waals surface area contributed by atoms with E-state index >= 15 is 0 Å². The molecule has 4 aromatic rings. The maximum atomic E-state index is 13.9. The Bertz CT molecular complexity index is 1430. The summed E-state index contributed by atoms with van der Waals surface area (Å²) in [6, 6.07) is 14.8. The first-order chi connectivity index (χ1) is 16.8. The molecule has 0 spiro atoms. The van der Waals surface area contributed by atoms with Crippen molar-refractivity contribution in [2.45, 2.75) is 19.8 Å². The highest BCUT2D eigenvalue weighted by Crippen LogP contribution is 2.30. The van der Waals surface area contributed by atoms with Crippen LogP contribution in [0.2, 0.25) is 0 Å². The van der Waals surface area contributed by atoms with E-state index in [0.29, 0.717) is 27.6 Å². The van der Waals surface area contributed by atoms with Gasteiger partial charge in [-0.1, -0.05) is 24.3 Å². The normalized spacial score (nSPS) is 11.4. The SMILES string of the molecule is COc1ccc(CN(C)Cn2nc(-c3ccc(F)c(F)c3)c3ccccc3c2=O)cc1OC(F)F. The van der Waals surface area contributed by atoms with Crippen molar-refractivity contribution in [1.82, 2.24) is 14.7 Å². The van der Waals surface area contributed by atoms with Gasteiger partial charge < -0.3 is 9.47 Å². The number of rotatable bonds is 8. The first-order valence-electron chi connectivity index (χ1n) is 10.5. The molecule has 0 aliphatic heterocycles. The van der Waals surface area contributed by atoms with E-state index in [9.17, 15) is 22.4 Å². The number of methoxy groups -OCH3 is 1. The standard InChI is InChI=1S/C25H21F4N3O3/c1-31(13-15-7-10-21(34-2)22(11-15)35-25(28)29)14-32-24(33)18-6-4-3-5-17(18)23(30-32)16-8-9-19(26)20(27)12-16/h3-12,25H,13-14H2,1-2H3. The Morgan fingerprint density at radius 2 is 1.71 bits per heavy atom. The van der Waals surface area contributed by atoms with Crippen molar-refractivity contribution in [2.75, 3.05) is 14.2 Å². The number of hydrogen-bond donors (Lipinski definition) is 0. The summed E-state index contributed by atoms with van der Waals surface area (Å²) in [4.78, 5) is 14.8. The van der Waals surface area contributed by atoms with E-state index in [2.05, 4.69) is 9.84 Å². The molecule has 0 aliphatic carbocycles. The van der Waals surface area contributed by atoms with Crippen LogP contribution < -0.4 is 15.0 Å². The van der Waals surface area contributed by atoms with Crippen molar-refractivity contribution in [3.05, 3.63) is 88.2 Å². The van der Waals surface area contributed by atoms with Gasteiger partial charge in [0.15, 0.2) is 23.1 Å². The van der Waals surface area contributed by atoms with Crippen LogP contribution in [0.5, 0.6) is 11.5 Å². The number of fused-ring (bicyclic) bond motifs is 1. The van der Waals surface area contributed by atoms with Crippen molar-refractivity contribution < 1.29 is 27.0 Å². The average Bonchev–Trinajstić information content (AvgIpc) is 2.82. The summed E-state index contributed by atoms with van der Waals surface area (Å²) in [7, 11) is 3.07. The molecule has 0 saturated carbocycles. The number of nitrogens with zero attached hydrogens (tertiary/aromatic N) is 3. The van der Waals surface area contributed by atoms with E-state index in [1.165, 1.54) is 30.0 Å². The largest absolute Gasteiger partial charge is 0.493 e. The van der Waals surface area contributed by atoms with Gasteiger partial charge in [0.05, 0.1) is 24.9 Å². The first-order valence-corrected chi connectivity index (χ1v) is 10.5. The van der Waals surface area contributed by atoms with Crippen molar-refractivity contribution in [1.29, 1.82) is 0 Å². The van der Waals surface area contributed by atoms with Crippen molar-refractivity contribution in [3.63, 3.8) is 0 Å². The fourth-order valence-electron chi connectivity index (χ4n) is 3.79. The zero-order valence-electron chi connectivity index (χ0n) is 18.8. The molecule has 0 saturated heterocycles. The van der Waals surface area contributed by atoms with Gasteiger partial charge in [0, 0.05) is 17.5 Å². The highest BCUT2D eigenvalue weighted by molar-refractivity contribution is 5.93. The first kappa shape index (κ1) is 24.2. The summed E-state index contributed by atoms with van der Waals surface area (Å²) in [5.41, 5.74) is 0.916. The lowest BCUT2D eigenvalue weighted by atomic mass is 10.0. The topological polar surface area (TPSA) is 56.6 Å². The molecule has 0 atom stereocenters. The summed E-state index contributed by atoms with van der Waals surface area (Å²) >= 11 is 0. The fraction of sp³-hybridized carbons (Fsp3) is 0.200. The Labute approximate surface area is 197 Å². The van der Waals surface area contributed by atoms with Crippen LogP contribution in [0, 0.1) is 11.6 Å². The lowest BCUT2D eigenvalue weighted by Gasteiger charge is -2.20. The molecule has 1 aromatic heterocycles. The van der Waals surface area contributed by atoms with Crippen LogP contribution >= 0.6 is 0 Å². The van der Waals surface area contributed by atoms with Crippen LogP contribution in [0.4, 0.5) is 17.6 Å². The van der Waals surface area contributed by atoms with Crippen LogP contribution in [0.25, 0.3) is 22.0 Å². The third kappa shape index (κ3) is 5.27. The minimum Gasteiger partial charge on any atom is -0.493 e. The van der Waals surface area contributed by atoms with E-state index in [0.717, 1.165) is 12.1 Å². The lowest BCUT2D eigenvalue weighted by molar-refractivity contribution is -0.0512. The summed E-state index contributed by atoms with van der Waals surface area (Å²) in [6.07, 6.45) is 0. The number of alkyl halides is 2. The highest BCUT2D eigenvalue weighted by atomic mass is 19.3. The predicted molar refractivity (Wildman–Crippen MR) is 122 cm³/mol. The quantitative estimate of drug-likeness (QED) is 0.326. The van der Waals surface area contributed by atoms with Gasteiger partial charge in [-0.15, -0.1) is 0 Å². The monoisotopic (exact) mass is 487 g/mol. The van der Waals surface area contributed by atoms with Crippen LogP contribution in [0.1, 0.15) is 5.56 Å². The number of ether oxygens (including phenoxy) is 2. The molecule has 10 heteroatoms. The van der Waals surface area contributed by atoms with E-state index in [-0.39, 0.29) is 30.3 Å². The minimum atomic E-state index is -3.01. The van der Waals surface area contributed by atoms with Gasteiger partial charge in [-0.05, 0) is 49.0 Å². The second-order valence-corrected chi connectivity index (χ2v) is 7.85. The molecule has 0 radical (unpaired) electrons. The molecule has 0 amide bonds. The van der Waals surface area contributed by atoms with Gasteiger partial charge in [0.1, 0.15) is 0 Å². The molecular formula is C25H21F4N3O3. The van der Waals surface area contributed by atoms with Gasteiger partial charge in [0.25, 0.3) is 5.56 Å². The Balaban J connectivity index is 1.67. The molecule has 1 heterocycles. The molecule has 0 unspecified atom stereocenters. The summed E-state index contributed by atoms with van der Waals surface area (Å²) in [5, 5.41) is 5.31. The van der Waals surface area contributed by atoms with Gasteiger partial charge in [0.2, 0.25) is 0 Å². The van der Waals surface area contributed by atoms with E-state index < -0.39 is 18.2 Å². The van der Waals surface area contributed by atoms with Gasteiger partial charge in [-0.2, -0.15) is 13.9 Å². The van der Waals surface area contributed by atoms with Crippen LogP contribution in [-0.2, 0) is 13.2 Å². The summed E-state index contributed by atoms with van der Waals surface area (Å²) in [6.45, 7) is -2.70. The van der Waals surface area contributed by atoms with Gasteiger partial charge >= 0.3 is 6.61 Å². The molecular weight excluding hydrogens is 466 g/mol. The Morgan fingerprint density at radius 1 is 0.971 bits per heavy atom. The zero-order valence-corrected chi connectivity index (χ0v) is 18.8. The van der Waals surface area contributed by atoms with Crippen molar-refractivity contribution in [3.8, 4) is 22.8 Å². The van der Waals surface area contributed by atoms with E-state index in [4.69, 9.17) is 4.74 Å². The second kappa shape index (κ2) is 10.1. The number of aromatic nitrogens is 2. The smallest absolute Gasteiger partial charge is 0.387 e. The Kier molecular flexibility index (Phi) is 7.02. The average molecular weight is 487 g/mol. The number of hydrogen-bond acceptors (Lipinski definition) is 5. The van der Waals surface area contributed by atoms with Crippen LogP contribution in [0.3, 0.4) is 0 Å². The van der Waals surface area contributed by atoms with Crippen molar-refractivity contribution >= 4 is 10.8 Å². The molecule has 182 valence electrons. The van der Waals surface area contributed by atoms with Crippen LogP contribution in [-0.4, -0.2) is 35.4 Å². The van der Waals surface area contributed by atoms with Gasteiger partial charge in [-0.3, -0.25) is 9.69 Å². The molecule has 0 N–H and O–H groups in total. The minimum absolute atomic E-state index is 0.0391. The maximum absolute atomic E-state index is 13.9. The predicted octanol–water partition coefficient (Wildman–Crippen LogP) is 5.04. The number of benzene rings is 3. The second-order valence-electron chi connectivity index (χ2n) is 7.85. The highest BCUT2D eigenvalue weighted by Gasteiger charge is 2.16. The third-order valence-corrected chi connectivity index (χ3v) is 5.33. The summed E-state index contributed by atoms with van der Waals surface area (Å²) < 4.78 is 63.7. The number of halogens is 4. The fourth-order valence-corrected chi connectivity index (χ4v) is 3.79. The molecule has 0 fully saturated rings. The Morgan fingerprint density at radius 3 is 2.40 bits per heavy atom. The van der Waals surface area contributed by atoms with Crippen LogP contribution in [0.15, 0.2) is 65.5 Å². The molecule has 6 nitrogen and oxygen atoms in total. The molecule has 3 aromatic carbocycles.